The van der Waals surface area contributed by atoms with Gasteiger partial charge in [0.2, 0.25) is 0 Å². The summed E-state index contributed by atoms with van der Waals surface area (Å²) in [4.78, 5) is 36.2. The summed E-state index contributed by atoms with van der Waals surface area (Å²) in [5.41, 5.74) is 1.54. The van der Waals surface area contributed by atoms with Crippen LogP contribution in [-0.4, -0.2) is 35.8 Å². The smallest absolute Gasteiger partial charge is 0.284 e. The van der Waals surface area contributed by atoms with Crippen LogP contribution in [0.3, 0.4) is 0 Å². The molecular weight excluding hydrogens is 422 g/mol. The quantitative estimate of drug-likeness (QED) is 0.397. The number of carbonyl (C=O) groups is 1. The van der Waals surface area contributed by atoms with Crippen LogP contribution in [0, 0.1) is 10.1 Å². The maximum absolute atomic E-state index is 12.6. The number of aromatic nitrogens is 5. The number of H-pyrrole nitrogens is 1. The van der Waals surface area contributed by atoms with Crippen molar-refractivity contribution >= 4 is 23.4 Å². The number of hydrogen-bond acceptors (Lipinski definition) is 8. The first-order chi connectivity index (χ1) is 14.8. The highest BCUT2D eigenvalue weighted by Gasteiger charge is 2.20. The molecule has 12 heteroatoms. The van der Waals surface area contributed by atoms with Crippen molar-refractivity contribution in [1.82, 2.24) is 30.3 Å². The number of nitrogens with zero attached hydrogens (tertiary/aromatic N) is 5. The summed E-state index contributed by atoms with van der Waals surface area (Å²) < 4.78 is 1.64. The van der Waals surface area contributed by atoms with Crippen molar-refractivity contribution in [3.63, 3.8) is 0 Å². The molecule has 1 aromatic carbocycles. The predicted octanol–water partition coefficient (Wildman–Crippen LogP) is 2.01. The molecular formula is C19H21N7O4S. The van der Waals surface area contributed by atoms with Crippen LogP contribution in [-0.2, 0) is 26.4 Å². The number of nitrogens with one attached hydrogen (secondary N) is 2. The van der Waals surface area contributed by atoms with Gasteiger partial charge in [-0.15, -0.1) is 10.2 Å². The fourth-order valence-corrected chi connectivity index (χ4v) is 3.93. The van der Waals surface area contributed by atoms with E-state index in [4.69, 9.17) is 0 Å². The summed E-state index contributed by atoms with van der Waals surface area (Å²) in [6.45, 7) is 3.84. The van der Waals surface area contributed by atoms with Crippen LogP contribution >= 0.6 is 11.8 Å². The largest absolute Gasteiger partial charge is 0.348 e. The second-order valence-corrected chi connectivity index (χ2v) is 7.62. The van der Waals surface area contributed by atoms with E-state index in [1.165, 1.54) is 24.5 Å². The molecule has 1 amide bonds. The van der Waals surface area contributed by atoms with E-state index in [1.54, 1.807) is 11.6 Å². The Morgan fingerprint density at radius 1 is 1.29 bits per heavy atom. The van der Waals surface area contributed by atoms with E-state index in [2.05, 4.69) is 25.7 Å². The van der Waals surface area contributed by atoms with E-state index < -0.39 is 10.8 Å². The van der Waals surface area contributed by atoms with Crippen molar-refractivity contribution in [2.75, 3.05) is 0 Å². The van der Waals surface area contributed by atoms with Gasteiger partial charge in [0.05, 0.1) is 15.5 Å². The molecule has 0 aliphatic carbocycles. The van der Waals surface area contributed by atoms with Gasteiger partial charge in [-0.25, -0.2) is 5.10 Å². The highest BCUT2D eigenvalue weighted by Crippen LogP contribution is 2.34. The lowest BCUT2D eigenvalue weighted by molar-refractivity contribution is -0.387. The molecule has 0 fully saturated rings. The van der Waals surface area contributed by atoms with E-state index in [0.29, 0.717) is 28.5 Å². The molecule has 2 heterocycles. The summed E-state index contributed by atoms with van der Waals surface area (Å²) in [5.74, 6) is -0.519. The number of nitro groups is 1. The van der Waals surface area contributed by atoms with Crippen LogP contribution in [0.4, 0.5) is 5.69 Å². The Balaban J connectivity index is 1.83. The Labute approximate surface area is 181 Å². The Morgan fingerprint density at radius 2 is 2.06 bits per heavy atom. The number of aryl methyl sites for hydroxylation is 2. The number of rotatable bonds is 8. The summed E-state index contributed by atoms with van der Waals surface area (Å²) in [5, 5.41) is 28.9. The zero-order valence-electron chi connectivity index (χ0n) is 17.2. The first-order valence-corrected chi connectivity index (χ1v) is 10.3. The molecule has 0 aliphatic heterocycles. The third kappa shape index (κ3) is 4.79. The van der Waals surface area contributed by atoms with Gasteiger partial charge >= 0.3 is 0 Å². The standard InChI is InChI=1S/C19H21N7O4S/c1-4-12-13(18(28)23-22-14(12)5-2)9-20-17(27)11-6-7-16(15(8-11)26(29)30)31-19-24-21-10-25(19)3/h6-8,10H,4-5,9H2,1-3H3,(H,20,27)(H,23,28). The molecule has 31 heavy (non-hydrogen) atoms. The van der Waals surface area contributed by atoms with Gasteiger partial charge in [-0.05, 0) is 42.3 Å². The molecule has 3 aromatic rings. The van der Waals surface area contributed by atoms with Gasteiger partial charge in [0.1, 0.15) is 6.33 Å². The lowest BCUT2D eigenvalue weighted by Gasteiger charge is -2.11. The van der Waals surface area contributed by atoms with Gasteiger partial charge in [0, 0.05) is 30.8 Å². The van der Waals surface area contributed by atoms with Gasteiger partial charge in [-0.2, -0.15) is 5.10 Å². The number of aromatic amines is 1. The molecule has 0 saturated carbocycles. The zero-order valence-corrected chi connectivity index (χ0v) is 18.0. The molecule has 0 spiro atoms. The second-order valence-electron chi connectivity index (χ2n) is 6.61. The zero-order chi connectivity index (χ0) is 22.5. The monoisotopic (exact) mass is 443 g/mol. The van der Waals surface area contributed by atoms with Crippen molar-refractivity contribution in [3.05, 3.63) is 67.4 Å². The van der Waals surface area contributed by atoms with Crippen molar-refractivity contribution < 1.29 is 9.72 Å². The summed E-state index contributed by atoms with van der Waals surface area (Å²) >= 11 is 1.08. The highest BCUT2D eigenvalue weighted by atomic mass is 32.2. The topological polar surface area (TPSA) is 149 Å². The van der Waals surface area contributed by atoms with Crippen molar-refractivity contribution in [3.8, 4) is 0 Å². The van der Waals surface area contributed by atoms with Crippen LogP contribution in [0.2, 0.25) is 0 Å². The van der Waals surface area contributed by atoms with Crippen molar-refractivity contribution in [2.24, 2.45) is 7.05 Å². The lowest BCUT2D eigenvalue weighted by atomic mass is 10.0. The second kappa shape index (κ2) is 9.51. The van der Waals surface area contributed by atoms with Crippen LogP contribution in [0.1, 0.15) is 41.0 Å². The molecule has 0 atom stereocenters. The Bertz CT molecular complexity index is 1190. The Hall–Kier alpha value is -3.54. The molecule has 2 N–H and O–H groups in total. The van der Waals surface area contributed by atoms with Gasteiger partial charge in [0.25, 0.3) is 17.2 Å². The third-order valence-corrected chi connectivity index (χ3v) is 5.80. The van der Waals surface area contributed by atoms with E-state index in [0.717, 1.165) is 23.0 Å². The fourth-order valence-electron chi connectivity index (χ4n) is 3.08. The summed E-state index contributed by atoms with van der Waals surface area (Å²) in [7, 11) is 1.73. The van der Waals surface area contributed by atoms with Crippen LogP contribution in [0.5, 0.6) is 0 Å². The van der Waals surface area contributed by atoms with E-state index in [-0.39, 0.29) is 23.4 Å². The van der Waals surface area contributed by atoms with Gasteiger partial charge < -0.3 is 9.88 Å². The average molecular weight is 443 g/mol. The van der Waals surface area contributed by atoms with Gasteiger partial charge in [-0.3, -0.25) is 19.7 Å². The molecule has 11 nitrogen and oxygen atoms in total. The first-order valence-electron chi connectivity index (χ1n) is 9.53. The molecule has 0 unspecified atom stereocenters. The van der Waals surface area contributed by atoms with E-state index >= 15 is 0 Å². The number of nitro benzene ring substituents is 1. The molecule has 3 rings (SSSR count). The predicted molar refractivity (Wildman–Crippen MR) is 113 cm³/mol. The molecule has 0 saturated heterocycles. The average Bonchev–Trinajstić information content (AvgIpc) is 3.16. The van der Waals surface area contributed by atoms with E-state index in [1.807, 2.05) is 13.8 Å². The lowest BCUT2D eigenvalue weighted by Crippen LogP contribution is -2.29. The molecule has 0 aliphatic rings. The maximum Gasteiger partial charge on any atom is 0.284 e. The normalized spacial score (nSPS) is 10.8. The molecule has 0 radical (unpaired) electrons. The molecule has 0 bridgehead atoms. The molecule has 162 valence electrons. The minimum atomic E-state index is -0.550. The number of amides is 1. The maximum atomic E-state index is 12.6. The number of hydrogen-bond donors (Lipinski definition) is 2. The molecule has 2 aromatic heterocycles. The minimum Gasteiger partial charge on any atom is -0.348 e. The summed E-state index contributed by atoms with van der Waals surface area (Å²) in [6, 6.07) is 4.21. The van der Waals surface area contributed by atoms with Crippen LogP contribution in [0.15, 0.2) is 39.4 Å². The third-order valence-electron chi connectivity index (χ3n) is 4.68. The van der Waals surface area contributed by atoms with Gasteiger partial charge in [0.15, 0.2) is 5.16 Å². The fraction of sp³-hybridized carbons (Fsp3) is 0.316. The SMILES string of the molecule is CCc1n[nH]c(=O)c(CNC(=O)c2ccc(Sc3nncn3C)c([N+](=O)[O-])c2)c1CC. The first kappa shape index (κ1) is 22.2. The van der Waals surface area contributed by atoms with Gasteiger partial charge in [-0.1, -0.05) is 13.8 Å². The highest BCUT2D eigenvalue weighted by molar-refractivity contribution is 7.99. The van der Waals surface area contributed by atoms with Crippen molar-refractivity contribution in [1.29, 1.82) is 0 Å². The Morgan fingerprint density at radius 3 is 2.68 bits per heavy atom. The number of carbonyl (C=O) groups excluding carboxylic acids is 1. The Kier molecular flexibility index (Phi) is 6.80. The van der Waals surface area contributed by atoms with E-state index in [9.17, 15) is 19.7 Å². The van der Waals surface area contributed by atoms with Crippen molar-refractivity contribution in [2.45, 2.75) is 43.3 Å². The van der Waals surface area contributed by atoms with Crippen LogP contribution in [0.25, 0.3) is 0 Å². The summed E-state index contributed by atoms with van der Waals surface area (Å²) in [6.07, 6.45) is 2.74. The van der Waals surface area contributed by atoms with Crippen LogP contribution < -0.4 is 10.9 Å². The minimum absolute atomic E-state index is 0.00387. The number of benzene rings is 1.